The molecular formula is C14H12F2N2O2. The zero-order valence-electron chi connectivity index (χ0n) is 10.5. The Morgan fingerprint density at radius 1 is 1.15 bits per heavy atom. The number of hydrogen-bond acceptors (Lipinski definition) is 2. The van der Waals surface area contributed by atoms with Gasteiger partial charge < -0.3 is 10.3 Å². The number of halogens is 2. The molecule has 1 amide bonds. The molecule has 2 rings (SSSR count). The molecule has 0 saturated carbocycles. The lowest BCUT2D eigenvalue weighted by atomic mass is 10.1. The molecule has 0 aliphatic carbocycles. The van der Waals surface area contributed by atoms with Crippen LogP contribution in [0.15, 0.2) is 41.3 Å². The highest BCUT2D eigenvalue weighted by molar-refractivity contribution is 5.93. The Bertz CT molecular complexity index is 642. The zero-order valence-corrected chi connectivity index (χ0v) is 10.5. The largest absolute Gasteiger partial charge is 0.352 e. The topological polar surface area (TPSA) is 62.0 Å². The van der Waals surface area contributed by atoms with Crippen LogP contribution in [0.5, 0.6) is 0 Å². The summed E-state index contributed by atoms with van der Waals surface area (Å²) in [7, 11) is 0. The number of hydrogen-bond donors (Lipinski definition) is 2. The van der Waals surface area contributed by atoms with Crippen LogP contribution in [0.25, 0.3) is 0 Å². The molecule has 0 aliphatic heterocycles. The lowest BCUT2D eigenvalue weighted by Crippen LogP contribution is -2.26. The predicted molar refractivity (Wildman–Crippen MR) is 69.5 cm³/mol. The van der Waals surface area contributed by atoms with E-state index in [1.807, 2.05) is 0 Å². The van der Waals surface area contributed by atoms with E-state index in [-0.39, 0.29) is 18.0 Å². The van der Waals surface area contributed by atoms with Crippen LogP contribution in [0.1, 0.15) is 15.9 Å². The maximum atomic E-state index is 13.0. The second-order valence-corrected chi connectivity index (χ2v) is 4.23. The molecule has 1 heterocycles. The smallest absolute Gasteiger partial charge is 0.252 e. The number of carbonyl (C=O) groups excluding carboxylic acids is 1. The molecule has 0 bridgehead atoms. The summed E-state index contributed by atoms with van der Waals surface area (Å²) in [4.78, 5) is 24.9. The molecule has 2 N–H and O–H groups in total. The van der Waals surface area contributed by atoms with Gasteiger partial charge in [0.1, 0.15) is 11.6 Å². The van der Waals surface area contributed by atoms with E-state index in [9.17, 15) is 18.4 Å². The third-order valence-corrected chi connectivity index (χ3v) is 2.67. The average molecular weight is 278 g/mol. The van der Waals surface area contributed by atoms with Crippen molar-refractivity contribution in [2.24, 2.45) is 0 Å². The van der Waals surface area contributed by atoms with Crippen molar-refractivity contribution in [1.82, 2.24) is 10.3 Å². The third-order valence-electron chi connectivity index (χ3n) is 2.67. The highest BCUT2D eigenvalue weighted by Crippen LogP contribution is 2.08. The van der Waals surface area contributed by atoms with E-state index in [1.165, 1.54) is 30.5 Å². The Labute approximate surface area is 113 Å². The number of rotatable bonds is 4. The minimum atomic E-state index is -0.646. The summed E-state index contributed by atoms with van der Waals surface area (Å²) in [5, 5.41) is 2.60. The van der Waals surface area contributed by atoms with Crippen molar-refractivity contribution >= 4 is 5.91 Å². The van der Waals surface area contributed by atoms with Crippen LogP contribution >= 0.6 is 0 Å². The van der Waals surface area contributed by atoms with Gasteiger partial charge in [-0.3, -0.25) is 9.59 Å². The Hall–Kier alpha value is -2.50. The van der Waals surface area contributed by atoms with Crippen molar-refractivity contribution in [3.05, 3.63) is 69.6 Å². The molecule has 0 aliphatic rings. The zero-order chi connectivity index (χ0) is 14.5. The minimum Gasteiger partial charge on any atom is -0.352 e. The number of pyridine rings is 1. The number of benzene rings is 1. The maximum Gasteiger partial charge on any atom is 0.252 e. The first-order chi connectivity index (χ1) is 9.54. The first-order valence-electron chi connectivity index (χ1n) is 5.96. The van der Waals surface area contributed by atoms with Crippen LogP contribution < -0.4 is 10.9 Å². The van der Waals surface area contributed by atoms with Gasteiger partial charge in [0.15, 0.2) is 0 Å². The first-order valence-corrected chi connectivity index (χ1v) is 5.96. The van der Waals surface area contributed by atoms with E-state index < -0.39 is 11.6 Å². The standard InChI is InChI=1S/C14H12F2N2O2/c15-11-5-9(6-12(16)7-11)3-4-17-14(20)10-1-2-13(19)18-8-10/h1-2,5-8H,3-4H2,(H,17,20)(H,18,19). The molecular weight excluding hydrogens is 266 g/mol. The summed E-state index contributed by atoms with van der Waals surface area (Å²) in [5.74, 6) is -1.66. The van der Waals surface area contributed by atoms with Crippen LogP contribution in [0, 0.1) is 11.6 Å². The van der Waals surface area contributed by atoms with Crippen molar-refractivity contribution in [2.45, 2.75) is 6.42 Å². The van der Waals surface area contributed by atoms with Crippen LogP contribution in [-0.2, 0) is 6.42 Å². The fraction of sp³-hybridized carbons (Fsp3) is 0.143. The highest BCUT2D eigenvalue weighted by Gasteiger charge is 2.05. The minimum absolute atomic E-state index is 0.237. The van der Waals surface area contributed by atoms with Gasteiger partial charge >= 0.3 is 0 Å². The Morgan fingerprint density at radius 3 is 2.45 bits per heavy atom. The van der Waals surface area contributed by atoms with Crippen molar-refractivity contribution < 1.29 is 13.6 Å². The van der Waals surface area contributed by atoms with E-state index >= 15 is 0 Å². The molecule has 0 unspecified atom stereocenters. The van der Waals surface area contributed by atoms with E-state index in [1.54, 1.807) is 0 Å². The number of amides is 1. The van der Waals surface area contributed by atoms with Gasteiger partial charge in [-0.05, 0) is 30.2 Å². The monoisotopic (exact) mass is 278 g/mol. The van der Waals surface area contributed by atoms with Crippen molar-refractivity contribution in [3.63, 3.8) is 0 Å². The number of aromatic nitrogens is 1. The summed E-state index contributed by atoms with van der Waals surface area (Å²) in [5.41, 5.74) is 0.482. The van der Waals surface area contributed by atoms with Crippen molar-refractivity contribution in [1.29, 1.82) is 0 Å². The van der Waals surface area contributed by atoms with E-state index in [2.05, 4.69) is 10.3 Å². The molecule has 0 radical (unpaired) electrons. The number of nitrogens with one attached hydrogen (secondary N) is 2. The maximum absolute atomic E-state index is 13.0. The molecule has 6 heteroatoms. The molecule has 1 aromatic carbocycles. The van der Waals surface area contributed by atoms with Crippen LogP contribution in [-0.4, -0.2) is 17.4 Å². The van der Waals surface area contributed by atoms with Crippen LogP contribution in [0.2, 0.25) is 0 Å². The van der Waals surface area contributed by atoms with E-state index in [4.69, 9.17) is 0 Å². The normalized spacial score (nSPS) is 10.3. The molecule has 104 valence electrons. The molecule has 0 spiro atoms. The van der Waals surface area contributed by atoms with Gasteiger partial charge in [0.2, 0.25) is 5.56 Å². The highest BCUT2D eigenvalue weighted by atomic mass is 19.1. The van der Waals surface area contributed by atoms with Gasteiger partial charge in [-0.15, -0.1) is 0 Å². The molecule has 1 aromatic heterocycles. The van der Waals surface area contributed by atoms with Gasteiger partial charge in [0.05, 0.1) is 5.56 Å². The van der Waals surface area contributed by atoms with Crippen molar-refractivity contribution in [2.75, 3.05) is 6.54 Å². The van der Waals surface area contributed by atoms with Crippen LogP contribution in [0.3, 0.4) is 0 Å². The molecule has 4 nitrogen and oxygen atoms in total. The summed E-state index contributed by atoms with van der Waals surface area (Å²) in [6.07, 6.45) is 1.61. The molecule has 0 fully saturated rings. The van der Waals surface area contributed by atoms with E-state index in [0.29, 0.717) is 17.5 Å². The number of aromatic amines is 1. The Morgan fingerprint density at radius 2 is 1.85 bits per heavy atom. The average Bonchev–Trinajstić information content (AvgIpc) is 2.38. The van der Waals surface area contributed by atoms with Gasteiger partial charge in [0, 0.05) is 24.9 Å². The molecule has 2 aromatic rings. The lowest BCUT2D eigenvalue weighted by molar-refractivity contribution is 0.0954. The predicted octanol–water partition coefficient (Wildman–Crippen LogP) is 1.63. The van der Waals surface area contributed by atoms with Crippen LogP contribution in [0.4, 0.5) is 8.78 Å². The Kier molecular flexibility index (Phi) is 4.24. The van der Waals surface area contributed by atoms with Gasteiger partial charge in [-0.1, -0.05) is 0 Å². The number of carbonyl (C=O) groups is 1. The third kappa shape index (κ3) is 3.74. The van der Waals surface area contributed by atoms with Crippen molar-refractivity contribution in [3.8, 4) is 0 Å². The van der Waals surface area contributed by atoms with Gasteiger partial charge in [-0.25, -0.2) is 8.78 Å². The molecule has 20 heavy (non-hydrogen) atoms. The van der Waals surface area contributed by atoms with Gasteiger partial charge in [0.25, 0.3) is 5.91 Å². The SMILES string of the molecule is O=C(NCCc1cc(F)cc(F)c1)c1ccc(=O)[nH]c1. The second kappa shape index (κ2) is 6.10. The second-order valence-electron chi connectivity index (χ2n) is 4.23. The fourth-order valence-electron chi connectivity index (χ4n) is 1.73. The van der Waals surface area contributed by atoms with E-state index in [0.717, 1.165) is 6.07 Å². The summed E-state index contributed by atoms with van der Waals surface area (Å²) in [6.45, 7) is 0.237. The van der Waals surface area contributed by atoms with Gasteiger partial charge in [-0.2, -0.15) is 0 Å². The Balaban J connectivity index is 1.91. The quantitative estimate of drug-likeness (QED) is 0.892. The summed E-state index contributed by atoms with van der Waals surface area (Å²) in [6, 6.07) is 5.87. The number of H-pyrrole nitrogens is 1. The lowest BCUT2D eigenvalue weighted by Gasteiger charge is -2.05. The molecule has 0 saturated heterocycles. The summed E-state index contributed by atoms with van der Waals surface area (Å²) >= 11 is 0. The molecule has 0 atom stereocenters. The fourth-order valence-corrected chi connectivity index (χ4v) is 1.73. The summed E-state index contributed by atoms with van der Waals surface area (Å²) < 4.78 is 25.9. The first kappa shape index (κ1) is 13.9.